The molecule has 37 heavy (non-hydrogen) atoms. The molecular weight excluding hydrogens is 472 g/mol. The van der Waals surface area contributed by atoms with E-state index in [1.165, 1.54) is 26.4 Å². The molecule has 4 atom stereocenters. The molecule has 0 spiro atoms. The molecule has 1 heterocycles. The van der Waals surface area contributed by atoms with Gasteiger partial charge in [-0.3, -0.25) is 14.4 Å². The van der Waals surface area contributed by atoms with Crippen LogP contribution in [0.15, 0.2) is 0 Å². The summed E-state index contributed by atoms with van der Waals surface area (Å²) in [5.74, 6) is -0.431. The number of carbonyl (C=O) groups excluding carboxylic acids is 4. The number of likely N-dealkylation sites (tertiary alicyclic amines) is 1. The molecule has 3 amide bonds. The zero-order valence-corrected chi connectivity index (χ0v) is 23.4. The fraction of sp³-hybridized carbons (Fsp3) is 0.857. The largest absolute Gasteiger partial charge is 0.467 e. The van der Waals surface area contributed by atoms with E-state index in [-0.39, 0.29) is 42.6 Å². The van der Waals surface area contributed by atoms with Crippen LogP contribution in [0.1, 0.15) is 84.5 Å². The van der Waals surface area contributed by atoms with Crippen molar-refractivity contribution in [2.75, 3.05) is 34.3 Å². The second-order valence-corrected chi connectivity index (χ2v) is 13.4. The van der Waals surface area contributed by atoms with Gasteiger partial charge in [0, 0.05) is 18.5 Å². The molecule has 5 fully saturated rings. The summed E-state index contributed by atoms with van der Waals surface area (Å²) in [4.78, 5) is 55.0. The molecule has 5 aliphatic rings. The van der Waals surface area contributed by atoms with Crippen LogP contribution in [0.5, 0.6) is 0 Å². The van der Waals surface area contributed by atoms with Crippen LogP contribution in [-0.2, 0) is 23.9 Å². The lowest BCUT2D eigenvalue weighted by Crippen LogP contribution is -2.65. The number of nitrogens with one attached hydrogen (secondary N) is 2. The van der Waals surface area contributed by atoms with Gasteiger partial charge in [-0.25, -0.2) is 4.79 Å². The van der Waals surface area contributed by atoms with Crippen LogP contribution in [-0.4, -0.2) is 85.4 Å². The summed E-state index contributed by atoms with van der Waals surface area (Å²) < 4.78 is 4.95. The average molecular weight is 519 g/mol. The third-order valence-electron chi connectivity index (χ3n) is 9.07. The van der Waals surface area contributed by atoms with Crippen LogP contribution in [0, 0.1) is 16.7 Å². The quantitative estimate of drug-likeness (QED) is 0.453. The number of ether oxygens (including phenoxy) is 1. The molecule has 4 bridgehead atoms. The van der Waals surface area contributed by atoms with Gasteiger partial charge in [-0.2, -0.15) is 0 Å². The van der Waals surface area contributed by atoms with E-state index >= 15 is 0 Å². The number of likely N-dealkylation sites (N-methyl/N-ethyl adjacent to an activating group) is 1. The third kappa shape index (κ3) is 6.29. The molecule has 0 radical (unpaired) electrons. The van der Waals surface area contributed by atoms with E-state index in [4.69, 9.17) is 4.74 Å². The van der Waals surface area contributed by atoms with E-state index in [1.54, 1.807) is 9.80 Å². The van der Waals surface area contributed by atoms with Crippen LogP contribution in [0.4, 0.5) is 0 Å². The number of piperidine rings is 1. The van der Waals surface area contributed by atoms with Gasteiger partial charge >= 0.3 is 5.97 Å². The molecule has 0 aromatic carbocycles. The maximum atomic E-state index is 13.2. The minimum Gasteiger partial charge on any atom is -0.467 e. The van der Waals surface area contributed by atoms with Crippen molar-refractivity contribution in [1.82, 2.24) is 20.4 Å². The van der Waals surface area contributed by atoms with Crippen LogP contribution in [0.2, 0.25) is 0 Å². The minimum absolute atomic E-state index is 0.0715. The normalized spacial score (nSPS) is 35.2. The Morgan fingerprint density at radius 2 is 1.70 bits per heavy atom. The Bertz CT molecular complexity index is 902. The van der Waals surface area contributed by atoms with E-state index in [1.807, 2.05) is 14.1 Å². The van der Waals surface area contributed by atoms with Crippen LogP contribution in [0.3, 0.4) is 0 Å². The summed E-state index contributed by atoms with van der Waals surface area (Å²) in [5.41, 5.74) is 0.430. The Labute approximate surface area is 221 Å². The highest BCUT2D eigenvalue weighted by Crippen LogP contribution is 2.66. The van der Waals surface area contributed by atoms with Crippen molar-refractivity contribution in [3.8, 4) is 0 Å². The molecule has 0 aromatic heterocycles. The first-order valence-electron chi connectivity index (χ1n) is 14.0. The summed E-state index contributed by atoms with van der Waals surface area (Å²) in [7, 11) is 4.92. The van der Waals surface area contributed by atoms with Gasteiger partial charge in [0.2, 0.25) is 17.7 Å². The number of rotatable bonds is 9. The van der Waals surface area contributed by atoms with E-state index in [2.05, 4.69) is 24.5 Å². The van der Waals surface area contributed by atoms with Crippen molar-refractivity contribution in [3.05, 3.63) is 0 Å². The van der Waals surface area contributed by atoms with Gasteiger partial charge in [0.15, 0.2) is 0 Å². The minimum atomic E-state index is -0.928. The Morgan fingerprint density at radius 1 is 1.03 bits per heavy atom. The molecule has 2 N–H and O–H groups in total. The predicted octanol–water partition coefficient (Wildman–Crippen LogP) is 2.23. The Hall–Kier alpha value is -2.16. The highest BCUT2D eigenvalue weighted by Gasteiger charge is 2.60. The highest BCUT2D eigenvalue weighted by molar-refractivity contribution is 5.91. The molecule has 5 rings (SSSR count). The maximum Gasteiger partial charge on any atom is 0.328 e. The van der Waals surface area contributed by atoms with Gasteiger partial charge < -0.3 is 25.2 Å². The van der Waals surface area contributed by atoms with E-state index in [0.717, 1.165) is 32.1 Å². The molecule has 208 valence electrons. The molecule has 4 saturated carbocycles. The SMILES string of the molecule is COC(=O)[C@H](CCC(=O)NC12CC3CC(C)(CC(C)(C3)C1)C2)NC(=O)[C@@H]1CCCCN1C(=O)CN(C)C. The van der Waals surface area contributed by atoms with Gasteiger partial charge in [0.05, 0.1) is 13.7 Å². The average Bonchev–Trinajstić information content (AvgIpc) is 2.77. The number of amides is 3. The van der Waals surface area contributed by atoms with E-state index in [0.29, 0.717) is 29.7 Å². The van der Waals surface area contributed by atoms with Crippen molar-refractivity contribution >= 4 is 23.7 Å². The van der Waals surface area contributed by atoms with Gasteiger partial charge in [-0.05, 0) is 95.1 Å². The molecule has 4 aliphatic carbocycles. The van der Waals surface area contributed by atoms with E-state index in [9.17, 15) is 19.2 Å². The van der Waals surface area contributed by atoms with Gasteiger partial charge in [0.25, 0.3) is 0 Å². The fourth-order valence-electron chi connectivity index (χ4n) is 8.74. The Kier molecular flexibility index (Phi) is 7.94. The van der Waals surface area contributed by atoms with Crippen molar-refractivity contribution in [2.24, 2.45) is 16.7 Å². The molecule has 9 nitrogen and oxygen atoms in total. The lowest BCUT2D eigenvalue weighted by Gasteiger charge is -2.65. The van der Waals surface area contributed by atoms with Crippen LogP contribution >= 0.6 is 0 Å². The first kappa shape index (κ1) is 27.9. The lowest BCUT2D eigenvalue weighted by atomic mass is 9.43. The molecule has 2 unspecified atom stereocenters. The van der Waals surface area contributed by atoms with Crippen LogP contribution < -0.4 is 10.6 Å². The summed E-state index contributed by atoms with van der Waals surface area (Å²) in [6, 6.07) is -1.54. The lowest BCUT2D eigenvalue weighted by molar-refractivity contribution is -0.148. The molecule has 0 aromatic rings. The van der Waals surface area contributed by atoms with Gasteiger partial charge in [-0.1, -0.05) is 13.8 Å². The van der Waals surface area contributed by atoms with Gasteiger partial charge in [0.1, 0.15) is 12.1 Å². The van der Waals surface area contributed by atoms with Crippen LogP contribution in [0.25, 0.3) is 0 Å². The van der Waals surface area contributed by atoms with Crippen molar-refractivity contribution in [1.29, 1.82) is 0 Å². The second-order valence-electron chi connectivity index (χ2n) is 13.4. The number of carbonyl (C=O) groups is 4. The standard InChI is InChI=1S/C28H46N4O5/c1-26-12-19-13-27(2,16-26)18-28(14-19,17-26)30-22(33)10-9-20(25(36)37-5)29-24(35)21-8-6-7-11-32(21)23(34)15-31(3)4/h19-21H,6-18H2,1-5H3,(H,29,35)(H,30,33)/t19?,20-,21-,26?,27?,28?/m0/s1. The van der Waals surface area contributed by atoms with E-state index < -0.39 is 18.1 Å². The predicted molar refractivity (Wildman–Crippen MR) is 139 cm³/mol. The number of hydrogen-bond donors (Lipinski definition) is 2. The number of methoxy groups -OCH3 is 1. The molecular formula is C28H46N4O5. The molecule has 1 aliphatic heterocycles. The van der Waals surface area contributed by atoms with Crippen molar-refractivity contribution in [3.63, 3.8) is 0 Å². The smallest absolute Gasteiger partial charge is 0.328 e. The molecule has 1 saturated heterocycles. The summed E-state index contributed by atoms with van der Waals surface area (Å²) in [6.45, 7) is 5.50. The third-order valence-corrected chi connectivity index (χ3v) is 9.07. The number of nitrogens with zero attached hydrogens (tertiary/aromatic N) is 2. The second kappa shape index (κ2) is 10.5. The fourth-order valence-corrected chi connectivity index (χ4v) is 8.74. The monoisotopic (exact) mass is 518 g/mol. The zero-order chi connectivity index (χ0) is 27.0. The summed E-state index contributed by atoms with van der Waals surface area (Å²) >= 11 is 0. The Balaban J connectivity index is 1.36. The van der Waals surface area contributed by atoms with Gasteiger partial charge in [-0.15, -0.1) is 0 Å². The van der Waals surface area contributed by atoms with Crippen molar-refractivity contribution in [2.45, 2.75) is 102 Å². The number of esters is 1. The van der Waals surface area contributed by atoms with Crippen molar-refractivity contribution < 1.29 is 23.9 Å². The maximum absolute atomic E-state index is 13.2. The molecule has 9 heteroatoms. The highest BCUT2D eigenvalue weighted by atomic mass is 16.5. The Morgan fingerprint density at radius 3 is 2.30 bits per heavy atom. The zero-order valence-electron chi connectivity index (χ0n) is 23.4. The topological polar surface area (TPSA) is 108 Å². The first-order chi connectivity index (χ1) is 17.3. The number of hydrogen-bond acceptors (Lipinski definition) is 6. The summed E-state index contributed by atoms with van der Waals surface area (Å²) in [6.07, 6.45) is 9.38. The summed E-state index contributed by atoms with van der Waals surface area (Å²) in [5, 5.41) is 6.18. The first-order valence-corrected chi connectivity index (χ1v) is 14.0.